The third kappa shape index (κ3) is 1.50. The second kappa shape index (κ2) is 2.51. The fourth-order valence-electron chi connectivity index (χ4n) is 1.82. The Balaban J connectivity index is 2.26. The number of aliphatic hydroxyl groups is 1. The molecule has 0 saturated heterocycles. The summed E-state index contributed by atoms with van der Waals surface area (Å²) in [5, 5.41) is 9.28. The highest BCUT2D eigenvalue weighted by Gasteiger charge is 2.39. The summed E-state index contributed by atoms with van der Waals surface area (Å²) in [4.78, 5) is 0. The van der Waals surface area contributed by atoms with Gasteiger partial charge in [-0.3, -0.25) is 0 Å². The summed E-state index contributed by atoms with van der Waals surface area (Å²) in [5.74, 6) is 0.472. The first-order chi connectivity index (χ1) is 4.55. The molecule has 0 aliphatic heterocycles. The zero-order valence-electron chi connectivity index (χ0n) is 6.80. The zero-order chi connectivity index (χ0) is 7.78. The molecule has 1 unspecified atom stereocenters. The van der Waals surface area contributed by atoms with Gasteiger partial charge in [0.1, 0.15) is 0 Å². The molecule has 1 saturated carbocycles. The molecule has 0 bridgehead atoms. The lowest BCUT2D eigenvalue weighted by atomic mass is 9.62. The van der Waals surface area contributed by atoms with Crippen LogP contribution < -0.4 is 5.73 Å². The number of aliphatic hydroxyl groups excluding tert-OH is 1. The lowest BCUT2D eigenvalue weighted by Crippen LogP contribution is -2.42. The molecule has 1 aliphatic carbocycles. The minimum Gasteiger partial charge on any atom is -0.392 e. The summed E-state index contributed by atoms with van der Waals surface area (Å²) in [6.45, 7) is 4.88. The monoisotopic (exact) mass is 143 g/mol. The van der Waals surface area contributed by atoms with Gasteiger partial charge >= 0.3 is 0 Å². The van der Waals surface area contributed by atoms with E-state index >= 15 is 0 Å². The van der Waals surface area contributed by atoms with Gasteiger partial charge in [-0.25, -0.2) is 0 Å². The first-order valence-corrected chi connectivity index (χ1v) is 3.93. The van der Waals surface area contributed by atoms with Crippen molar-refractivity contribution in [2.75, 3.05) is 6.54 Å². The highest BCUT2D eigenvalue weighted by atomic mass is 16.3. The molecule has 0 heterocycles. The Morgan fingerprint density at radius 2 is 2.10 bits per heavy atom. The lowest BCUT2D eigenvalue weighted by molar-refractivity contribution is -0.00826. The standard InChI is InChI=1S/C8H17NO/c1-8(2)3-6(4-8)7(10)5-9/h6-7,10H,3-5,9H2,1-2H3. The van der Waals surface area contributed by atoms with Gasteiger partial charge in [-0.1, -0.05) is 13.8 Å². The van der Waals surface area contributed by atoms with E-state index in [-0.39, 0.29) is 6.10 Å². The quantitative estimate of drug-likeness (QED) is 0.599. The molecule has 3 N–H and O–H groups in total. The Morgan fingerprint density at radius 1 is 1.60 bits per heavy atom. The van der Waals surface area contributed by atoms with E-state index in [9.17, 15) is 5.11 Å². The van der Waals surface area contributed by atoms with Crippen LogP contribution in [0.1, 0.15) is 26.7 Å². The van der Waals surface area contributed by atoms with Crippen molar-refractivity contribution in [1.29, 1.82) is 0 Å². The van der Waals surface area contributed by atoms with Gasteiger partial charge in [-0.15, -0.1) is 0 Å². The van der Waals surface area contributed by atoms with Crippen LogP contribution in [-0.2, 0) is 0 Å². The third-order valence-corrected chi connectivity index (χ3v) is 2.42. The van der Waals surface area contributed by atoms with Crippen molar-refractivity contribution in [1.82, 2.24) is 0 Å². The van der Waals surface area contributed by atoms with Gasteiger partial charge in [0.15, 0.2) is 0 Å². The molecule has 10 heavy (non-hydrogen) atoms. The van der Waals surface area contributed by atoms with Crippen LogP contribution in [0.2, 0.25) is 0 Å². The van der Waals surface area contributed by atoms with Crippen molar-refractivity contribution >= 4 is 0 Å². The average molecular weight is 143 g/mol. The summed E-state index contributed by atoms with van der Waals surface area (Å²) >= 11 is 0. The minimum absolute atomic E-state index is 0.256. The Bertz CT molecular complexity index is 114. The molecule has 0 amide bonds. The van der Waals surface area contributed by atoms with Crippen LogP contribution in [0, 0.1) is 11.3 Å². The molecule has 1 rings (SSSR count). The second-order valence-corrected chi connectivity index (χ2v) is 4.14. The molecular weight excluding hydrogens is 126 g/mol. The molecule has 0 aromatic carbocycles. The van der Waals surface area contributed by atoms with Crippen molar-refractivity contribution in [2.24, 2.45) is 17.1 Å². The molecule has 60 valence electrons. The number of rotatable bonds is 2. The van der Waals surface area contributed by atoms with Gasteiger partial charge in [-0.2, -0.15) is 0 Å². The van der Waals surface area contributed by atoms with E-state index in [1.54, 1.807) is 0 Å². The molecule has 1 aliphatic rings. The average Bonchev–Trinajstić information content (AvgIpc) is 1.81. The van der Waals surface area contributed by atoms with E-state index in [1.165, 1.54) is 0 Å². The maximum atomic E-state index is 9.28. The van der Waals surface area contributed by atoms with Crippen molar-refractivity contribution in [3.05, 3.63) is 0 Å². The van der Waals surface area contributed by atoms with Crippen LogP contribution in [0.15, 0.2) is 0 Å². The second-order valence-electron chi connectivity index (χ2n) is 4.14. The van der Waals surface area contributed by atoms with Crippen LogP contribution in [0.3, 0.4) is 0 Å². The Hall–Kier alpha value is -0.0800. The molecule has 0 spiro atoms. The van der Waals surface area contributed by atoms with Crippen LogP contribution in [0.4, 0.5) is 0 Å². The van der Waals surface area contributed by atoms with E-state index in [0.717, 1.165) is 12.8 Å². The normalized spacial score (nSPS) is 27.6. The van der Waals surface area contributed by atoms with E-state index in [1.807, 2.05) is 0 Å². The molecule has 1 atom stereocenters. The Labute approximate surface area is 62.4 Å². The number of nitrogens with two attached hydrogens (primary N) is 1. The predicted molar refractivity (Wildman–Crippen MR) is 41.6 cm³/mol. The summed E-state index contributed by atoms with van der Waals surface area (Å²) in [5.41, 5.74) is 5.78. The molecule has 0 radical (unpaired) electrons. The fourth-order valence-corrected chi connectivity index (χ4v) is 1.82. The molecule has 2 heteroatoms. The number of hydrogen-bond donors (Lipinski definition) is 2. The van der Waals surface area contributed by atoms with Gasteiger partial charge < -0.3 is 10.8 Å². The summed E-state index contributed by atoms with van der Waals surface area (Å²) in [6.07, 6.45) is 2.00. The van der Waals surface area contributed by atoms with E-state index < -0.39 is 0 Å². The summed E-state index contributed by atoms with van der Waals surface area (Å²) in [6, 6.07) is 0. The van der Waals surface area contributed by atoms with Gasteiger partial charge in [0.2, 0.25) is 0 Å². The smallest absolute Gasteiger partial charge is 0.0690 e. The van der Waals surface area contributed by atoms with E-state index in [2.05, 4.69) is 13.8 Å². The molecule has 0 aromatic heterocycles. The molecule has 2 nitrogen and oxygen atoms in total. The van der Waals surface area contributed by atoms with Crippen molar-refractivity contribution in [3.63, 3.8) is 0 Å². The van der Waals surface area contributed by atoms with Crippen molar-refractivity contribution in [3.8, 4) is 0 Å². The van der Waals surface area contributed by atoms with Crippen LogP contribution in [-0.4, -0.2) is 17.8 Å². The first-order valence-electron chi connectivity index (χ1n) is 3.93. The fraction of sp³-hybridized carbons (Fsp3) is 1.00. The SMILES string of the molecule is CC1(C)CC(C(O)CN)C1. The van der Waals surface area contributed by atoms with Gasteiger partial charge in [0, 0.05) is 6.54 Å². The van der Waals surface area contributed by atoms with Gasteiger partial charge in [0.05, 0.1) is 6.10 Å². The molecule has 0 aromatic rings. The highest BCUT2D eigenvalue weighted by molar-refractivity contribution is 4.90. The Kier molecular flexibility index (Phi) is 2.02. The highest BCUT2D eigenvalue weighted by Crippen LogP contribution is 2.45. The van der Waals surface area contributed by atoms with E-state index in [0.29, 0.717) is 17.9 Å². The van der Waals surface area contributed by atoms with Crippen LogP contribution >= 0.6 is 0 Å². The predicted octanol–water partition coefficient (Wildman–Crippen LogP) is 0.742. The lowest BCUT2D eigenvalue weighted by Gasteiger charge is -2.44. The van der Waals surface area contributed by atoms with Crippen LogP contribution in [0.5, 0.6) is 0 Å². The summed E-state index contributed by atoms with van der Waals surface area (Å²) in [7, 11) is 0. The summed E-state index contributed by atoms with van der Waals surface area (Å²) < 4.78 is 0. The van der Waals surface area contributed by atoms with Gasteiger partial charge in [0.25, 0.3) is 0 Å². The maximum Gasteiger partial charge on any atom is 0.0690 e. The van der Waals surface area contributed by atoms with Crippen molar-refractivity contribution in [2.45, 2.75) is 32.8 Å². The molecule has 1 fully saturated rings. The number of hydrogen-bond acceptors (Lipinski definition) is 2. The molecular formula is C8H17NO. The third-order valence-electron chi connectivity index (χ3n) is 2.42. The van der Waals surface area contributed by atoms with Crippen molar-refractivity contribution < 1.29 is 5.11 Å². The Morgan fingerprint density at radius 3 is 2.40 bits per heavy atom. The van der Waals surface area contributed by atoms with Crippen LogP contribution in [0.25, 0.3) is 0 Å². The minimum atomic E-state index is -0.256. The van der Waals surface area contributed by atoms with Gasteiger partial charge in [-0.05, 0) is 24.2 Å². The zero-order valence-corrected chi connectivity index (χ0v) is 6.80. The first kappa shape index (κ1) is 8.02. The van der Waals surface area contributed by atoms with E-state index in [4.69, 9.17) is 5.73 Å². The maximum absolute atomic E-state index is 9.28. The largest absolute Gasteiger partial charge is 0.392 e. The topological polar surface area (TPSA) is 46.2 Å².